The van der Waals surface area contributed by atoms with Gasteiger partial charge in [0, 0.05) is 6.42 Å². The Morgan fingerprint density at radius 3 is 2.14 bits per heavy atom. The largest absolute Gasteiger partial charge is 0.295 e. The molecule has 0 atom stereocenters. The van der Waals surface area contributed by atoms with Gasteiger partial charge in [-0.2, -0.15) is 0 Å². The Morgan fingerprint density at radius 1 is 1.36 bits per heavy atom. The molecule has 0 unspecified atom stereocenters. The zero-order valence-electron chi connectivity index (χ0n) is 10.3. The van der Waals surface area contributed by atoms with Crippen LogP contribution in [0.15, 0.2) is 24.3 Å². The molecule has 0 bridgehead atoms. The predicted molar refractivity (Wildman–Crippen MR) is 64.4 cm³/mol. The summed E-state index contributed by atoms with van der Waals surface area (Å²) in [6.07, 6.45) is 5.03. The highest BCUT2D eigenvalue weighted by molar-refractivity contribution is 5.90. The van der Waals surface area contributed by atoms with Crippen molar-refractivity contribution in [3.63, 3.8) is 0 Å². The molecule has 0 aliphatic carbocycles. The maximum absolute atomic E-state index is 11.2. The van der Waals surface area contributed by atoms with Gasteiger partial charge in [-0.1, -0.05) is 47.3 Å². The number of ketones is 1. The highest BCUT2D eigenvalue weighted by atomic mass is 16.1. The Balaban J connectivity index is 0. The van der Waals surface area contributed by atoms with Crippen LogP contribution < -0.4 is 0 Å². The molecule has 0 rings (SSSR count). The average Bonchev–Trinajstić information content (AvgIpc) is 2.17. The third kappa shape index (κ3) is 7.78. The first kappa shape index (κ1) is 15.6. The van der Waals surface area contributed by atoms with Crippen LogP contribution in [-0.2, 0) is 4.79 Å². The van der Waals surface area contributed by atoms with E-state index in [1.54, 1.807) is 12.2 Å². The number of hydrogen-bond donors (Lipinski definition) is 0. The van der Waals surface area contributed by atoms with E-state index in [4.69, 9.17) is 0 Å². The Kier molecular flexibility index (Phi) is 11.4. The topological polar surface area (TPSA) is 17.1 Å². The molecule has 1 heteroatoms. The zero-order chi connectivity index (χ0) is 11.6. The van der Waals surface area contributed by atoms with Gasteiger partial charge in [-0.25, -0.2) is 0 Å². The molecule has 0 radical (unpaired) electrons. The molecule has 14 heavy (non-hydrogen) atoms. The molecule has 0 heterocycles. The van der Waals surface area contributed by atoms with Crippen molar-refractivity contribution in [1.29, 1.82) is 0 Å². The summed E-state index contributed by atoms with van der Waals surface area (Å²) in [6.45, 7) is 13.8. The van der Waals surface area contributed by atoms with Gasteiger partial charge >= 0.3 is 0 Å². The zero-order valence-corrected chi connectivity index (χ0v) is 10.3. The summed E-state index contributed by atoms with van der Waals surface area (Å²) in [5, 5.41) is 0. The minimum Gasteiger partial charge on any atom is -0.295 e. The maximum atomic E-state index is 11.2. The quantitative estimate of drug-likeness (QED) is 0.477. The van der Waals surface area contributed by atoms with Crippen molar-refractivity contribution < 1.29 is 4.79 Å². The SMILES string of the molecule is C=C/C(=C\C(=O)CCC)C(C)C.CC. The number of carbonyl (C=O) groups excluding carboxylic acids is 1. The minimum absolute atomic E-state index is 0.209. The van der Waals surface area contributed by atoms with Crippen LogP contribution in [0, 0.1) is 5.92 Å². The van der Waals surface area contributed by atoms with E-state index < -0.39 is 0 Å². The van der Waals surface area contributed by atoms with Gasteiger partial charge < -0.3 is 0 Å². The maximum Gasteiger partial charge on any atom is 0.155 e. The van der Waals surface area contributed by atoms with E-state index in [1.165, 1.54) is 0 Å². The monoisotopic (exact) mass is 196 g/mol. The van der Waals surface area contributed by atoms with Crippen LogP contribution in [0.4, 0.5) is 0 Å². The van der Waals surface area contributed by atoms with E-state index in [9.17, 15) is 4.79 Å². The first-order chi connectivity index (χ1) is 6.61. The third-order valence-electron chi connectivity index (χ3n) is 1.73. The number of hydrogen-bond acceptors (Lipinski definition) is 1. The second-order valence-corrected chi connectivity index (χ2v) is 3.22. The first-order valence-corrected chi connectivity index (χ1v) is 5.48. The van der Waals surface area contributed by atoms with Gasteiger partial charge in [0.05, 0.1) is 0 Å². The van der Waals surface area contributed by atoms with Crippen molar-refractivity contribution in [3.8, 4) is 0 Å². The van der Waals surface area contributed by atoms with Gasteiger partial charge in [0.25, 0.3) is 0 Å². The minimum atomic E-state index is 0.209. The summed E-state index contributed by atoms with van der Waals surface area (Å²) in [7, 11) is 0. The summed E-state index contributed by atoms with van der Waals surface area (Å²) in [6, 6.07) is 0. The van der Waals surface area contributed by atoms with Crippen molar-refractivity contribution in [1.82, 2.24) is 0 Å². The van der Waals surface area contributed by atoms with Crippen molar-refractivity contribution in [2.45, 2.75) is 47.5 Å². The molecule has 0 spiro atoms. The number of allylic oxidation sites excluding steroid dienone is 3. The molecule has 0 aliphatic heterocycles. The van der Waals surface area contributed by atoms with Crippen LogP contribution >= 0.6 is 0 Å². The summed E-state index contributed by atoms with van der Waals surface area (Å²) in [4.78, 5) is 11.2. The van der Waals surface area contributed by atoms with Gasteiger partial charge in [0.1, 0.15) is 0 Å². The molecular formula is C13H24O. The van der Waals surface area contributed by atoms with Crippen LogP contribution in [0.1, 0.15) is 47.5 Å². The molecule has 0 N–H and O–H groups in total. The van der Waals surface area contributed by atoms with Crippen LogP contribution in [0.2, 0.25) is 0 Å². The number of rotatable bonds is 5. The summed E-state index contributed by atoms with van der Waals surface area (Å²) < 4.78 is 0. The van der Waals surface area contributed by atoms with Gasteiger partial charge in [-0.3, -0.25) is 4.79 Å². The van der Waals surface area contributed by atoms with Crippen molar-refractivity contribution in [2.24, 2.45) is 5.92 Å². The lowest BCUT2D eigenvalue weighted by Gasteiger charge is -2.04. The lowest BCUT2D eigenvalue weighted by Crippen LogP contribution is -1.97. The Morgan fingerprint density at radius 2 is 1.86 bits per heavy atom. The molecule has 82 valence electrons. The van der Waals surface area contributed by atoms with E-state index in [0.717, 1.165) is 12.0 Å². The van der Waals surface area contributed by atoms with E-state index in [0.29, 0.717) is 12.3 Å². The molecule has 0 aromatic carbocycles. The predicted octanol–water partition coefficient (Wildman–Crippen LogP) is 4.15. The van der Waals surface area contributed by atoms with E-state index in [2.05, 4.69) is 20.4 Å². The van der Waals surface area contributed by atoms with Crippen LogP contribution in [0.5, 0.6) is 0 Å². The molecule has 0 aromatic heterocycles. The molecule has 0 saturated carbocycles. The summed E-state index contributed by atoms with van der Waals surface area (Å²) in [5.41, 5.74) is 1.04. The Labute approximate surface area is 88.9 Å². The lowest BCUT2D eigenvalue weighted by molar-refractivity contribution is -0.114. The van der Waals surface area contributed by atoms with Crippen molar-refractivity contribution in [3.05, 3.63) is 24.3 Å². The van der Waals surface area contributed by atoms with Gasteiger partial charge in [0.15, 0.2) is 5.78 Å². The molecule has 1 nitrogen and oxygen atoms in total. The summed E-state index contributed by atoms with van der Waals surface area (Å²) in [5.74, 6) is 0.601. The standard InChI is InChI=1S/C11H18O.C2H6/c1-5-7-11(12)8-10(6-2)9(3)4;1-2/h6,8-9H,2,5,7H2,1,3-4H3;1-2H3/b10-8+;. The second-order valence-electron chi connectivity index (χ2n) is 3.22. The van der Waals surface area contributed by atoms with E-state index >= 15 is 0 Å². The van der Waals surface area contributed by atoms with Gasteiger partial charge in [0.2, 0.25) is 0 Å². The highest BCUT2D eigenvalue weighted by Gasteiger charge is 2.01. The molecule has 0 amide bonds. The van der Waals surface area contributed by atoms with Crippen molar-refractivity contribution >= 4 is 5.78 Å². The second kappa shape index (κ2) is 10.2. The lowest BCUT2D eigenvalue weighted by atomic mass is 10.0. The molecule has 0 saturated heterocycles. The third-order valence-corrected chi connectivity index (χ3v) is 1.73. The van der Waals surface area contributed by atoms with Gasteiger partial charge in [-0.15, -0.1) is 0 Å². The fourth-order valence-corrected chi connectivity index (χ4v) is 0.966. The normalized spacial score (nSPS) is 10.6. The Bertz CT molecular complexity index is 187. The first-order valence-electron chi connectivity index (χ1n) is 5.48. The fourth-order valence-electron chi connectivity index (χ4n) is 0.966. The number of carbonyl (C=O) groups is 1. The smallest absolute Gasteiger partial charge is 0.155 e. The molecule has 0 aliphatic rings. The van der Waals surface area contributed by atoms with Crippen LogP contribution in [0.25, 0.3) is 0 Å². The molecule has 0 aromatic rings. The summed E-state index contributed by atoms with van der Waals surface area (Å²) >= 11 is 0. The van der Waals surface area contributed by atoms with Crippen LogP contribution in [-0.4, -0.2) is 5.78 Å². The molecule has 0 fully saturated rings. The van der Waals surface area contributed by atoms with Gasteiger partial charge in [-0.05, 0) is 24.0 Å². The van der Waals surface area contributed by atoms with Crippen molar-refractivity contribution in [2.75, 3.05) is 0 Å². The van der Waals surface area contributed by atoms with Crippen LogP contribution in [0.3, 0.4) is 0 Å². The van der Waals surface area contributed by atoms with E-state index in [-0.39, 0.29) is 5.78 Å². The molecular weight excluding hydrogens is 172 g/mol. The Hall–Kier alpha value is -0.850. The fraction of sp³-hybridized carbons (Fsp3) is 0.615. The average molecular weight is 196 g/mol. The highest BCUT2D eigenvalue weighted by Crippen LogP contribution is 2.10. The van der Waals surface area contributed by atoms with E-state index in [1.807, 2.05) is 20.8 Å².